The number of halogens is 1. The fourth-order valence-corrected chi connectivity index (χ4v) is 2.59. The van der Waals surface area contributed by atoms with Crippen molar-refractivity contribution in [1.82, 2.24) is 9.62 Å². The Kier molecular flexibility index (Phi) is 8.03. The van der Waals surface area contributed by atoms with E-state index in [-0.39, 0.29) is 35.2 Å². The number of sulfonamides is 1. The predicted octanol–water partition coefficient (Wildman–Crippen LogP) is 1.13. The van der Waals surface area contributed by atoms with Gasteiger partial charge in [-0.3, -0.25) is 4.79 Å². The quantitative estimate of drug-likeness (QED) is 0.805. The Hall–Kier alpha value is -1.15. The SMILES string of the molecule is CC(CN)C(=O)NC(C)c1ccc(S(=O)(=O)N(C)C)cc1.Cl. The molecular weight excluding hydrogens is 326 g/mol. The molecule has 0 fully saturated rings. The summed E-state index contributed by atoms with van der Waals surface area (Å²) in [6.07, 6.45) is 0. The summed E-state index contributed by atoms with van der Waals surface area (Å²) in [5.41, 5.74) is 6.29. The van der Waals surface area contributed by atoms with Gasteiger partial charge >= 0.3 is 0 Å². The van der Waals surface area contributed by atoms with Crippen LogP contribution in [0.3, 0.4) is 0 Å². The second kappa shape index (κ2) is 8.47. The highest BCUT2D eigenvalue weighted by molar-refractivity contribution is 7.89. The molecule has 0 aromatic heterocycles. The van der Waals surface area contributed by atoms with Gasteiger partial charge < -0.3 is 11.1 Å². The molecule has 0 aliphatic heterocycles. The zero-order valence-electron chi connectivity index (χ0n) is 13.2. The van der Waals surface area contributed by atoms with E-state index in [2.05, 4.69) is 5.32 Å². The first-order chi connectivity index (χ1) is 9.70. The minimum atomic E-state index is -3.43. The second-order valence-corrected chi connectivity index (χ2v) is 7.38. The zero-order chi connectivity index (χ0) is 16.2. The Morgan fingerprint density at radius 3 is 2.14 bits per heavy atom. The monoisotopic (exact) mass is 349 g/mol. The molecule has 0 heterocycles. The van der Waals surface area contributed by atoms with Crippen molar-refractivity contribution in [3.8, 4) is 0 Å². The van der Waals surface area contributed by atoms with Gasteiger partial charge in [0.1, 0.15) is 0 Å². The number of hydrogen-bond acceptors (Lipinski definition) is 4. The Morgan fingerprint density at radius 2 is 1.73 bits per heavy atom. The normalized spacial score (nSPS) is 14.1. The maximum atomic E-state index is 12.0. The van der Waals surface area contributed by atoms with E-state index >= 15 is 0 Å². The van der Waals surface area contributed by atoms with Crippen LogP contribution in [0, 0.1) is 5.92 Å². The van der Waals surface area contributed by atoms with Crippen molar-refractivity contribution in [3.05, 3.63) is 29.8 Å². The molecule has 0 aliphatic rings. The first-order valence-corrected chi connectivity index (χ1v) is 8.17. The van der Waals surface area contributed by atoms with Gasteiger partial charge in [0.2, 0.25) is 15.9 Å². The molecule has 0 saturated carbocycles. The van der Waals surface area contributed by atoms with Gasteiger partial charge in [-0.05, 0) is 24.6 Å². The largest absolute Gasteiger partial charge is 0.349 e. The standard InChI is InChI=1S/C14H23N3O3S.ClH/c1-10(9-15)14(18)16-11(2)12-5-7-13(8-6-12)21(19,20)17(3)4;/h5-8,10-11H,9,15H2,1-4H3,(H,16,18);1H. The lowest BCUT2D eigenvalue weighted by Crippen LogP contribution is -2.34. The number of nitrogens with two attached hydrogens (primary N) is 1. The van der Waals surface area contributed by atoms with E-state index in [1.54, 1.807) is 31.2 Å². The van der Waals surface area contributed by atoms with Gasteiger partial charge in [0, 0.05) is 26.6 Å². The Labute approximate surface area is 138 Å². The molecule has 22 heavy (non-hydrogen) atoms. The van der Waals surface area contributed by atoms with Gasteiger partial charge in [0.05, 0.1) is 10.9 Å². The first kappa shape index (κ1) is 20.9. The molecule has 0 radical (unpaired) electrons. The average molecular weight is 350 g/mol. The number of carbonyl (C=O) groups is 1. The second-order valence-electron chi connectivity index (χ2n) is 5.22. The summed E-state index contributed by atoms with van der Waals surface area (Å²) in [7, 11) is -0.458. The van der Waals surface area contributed by atoms with Gasteiger partial charge in [-0.2, -0.15) is 0 Å². The van der Waals surface area contributed by atoms with E-state index in [1.165, 1.54) is 14.1 Å². The molecule has 126 valence electrons. The molecule has 0 aliphatic carbocycles. The van der Waals surface area contributed by atoms with Crippen molar-refractivity contribution in [1.29, 1.82) is 0 Å². The van der Waals surface area contributed by atoms with E-state index in [0.717, 1.165) is 9.87 Å². The number of nitrogens with zero attached hydrogens (tertiary/aromatic N) is 1. The number of rotatable bonds is 6. The summed E-state index contributed by atoms with van der Waals surface area (Å²) in [5.74, 6) is -0.365. The minimum absolute atomic E-state index is 0. The topological polar surface area (TPSA) is 92.5 Å². The summed E-state index contributed by atoms with van der Waals surface area (Å²) in [5, 5.41) is 2.85. The van der Waals surface area contributed by atoms with Crippen LogP contribution in [0.5, 0.6) is 0 Å². The molecule has 1 aromatic rings. The maximum absolute atomic E-state index is 12.0. The Balaban J connectivity index is 0.00000441. The minimum Gasteiger partial charge on any atom is -0.349 e. The molecule has 6 nitrogen and oxygen atoms in total. The lowest BCUT2D eigenvalue weighted by molar-refractivity contribution is -0.124. The number of amides is 1. The first-order valence-electron chi connectivity index (χ1n) is 6.73. The van der Waals surface area contributed by atoms with Crippen molar-refractivity contribution in [2.24, 2.45) is 11.7 Å². The molecule has 1 aromatic carbocycles. The van der Waals surface area contributed by atoms with E-state index in [0.29, 0.717) is 6.54 Å². The molecule has 2 atom stereocenters. The molecule has 0 saturated heterocycles. The zero-order valence-corrected chi connectivity index (χ0v) is 14.9. The fraction of sp³-hybridized carbons (Fsp3) is 0.500. The number of nitrogens with one attached hydrogen (secondary N) is 1. The highest BCUT2D eigenvalue weighted by Gasteiger charge is 2.18. The molecule has 1 amide bonds. The van der Waals surface area contributed by atoms with Crippen LogP contribution in [0.2, 0.25) is 0 Å². The summed E-state index contributed by atoms with van der Waals surface area (Å²) in [4.78, 5) is 12.0. The van der Waals surface area contributed by atoms with Crippen LogP contribution < -0.4 is 11.1 Å². The molecule has 0 bridgehead atoms. The van der Waals surface area contributed by atoms with Crippen LogP contribution >= 0.6 is 12.4 Å². The summed E-state index contributed by atoms with van der Waals surface area (Å²) < 4.78 is 25.1. The summed E-state index contributed by atoms with van der Waals surface area (Å²) in [6.45, 7) is 3.89. The smallest absolute Gasteiger partial charge is 0.242 e. The van der Waals surface area contributed by atoms with Gasteiger partial charge in [0.15, 0.2) is 0 Å². The van der Waals surface area contributed by atoms with E-state index in [9.17, 15) is 13.2 Å². The van der Waals surface area contributed by atoms with Gasteiger partial charge in [-0.1, -0.05) is 19.1 Å². The maximum Gasteiger partial charge on any atom is 0.242 e. The Bertz CT molecular complexity index is 588. The van der Waals surface area contributed by atoms with Crippen molar-refractivity contribution >= 4 is 28.3 Å². The number of hydrogen-bond donors (Lipinski definition) is 2. The fourth-order valence-electron chi connectivity index (χ4n) is 1.69. The summed E-state index contributed by atoms with van der Waals surface area (Å²) in [6, 6.07) is 6.28. The lowest BCUT2D eigenvalue weighted by atomic mass is 10.1. The van der Waals surface area contributed by atoms with Crippen LogP contribution in [-0.4, -0.2) is 39.3 Å². The number of benzene rings is 1. The van der Waals surface area contributed by atoms with E-state index < -0.39 is 10.0 Å². The summed E-state index contributed by atoms with van der Waals surface area (Å²) >= 11 is 0. The van der Waals surface area contributed by atoms with Crippen molar-refractivity contribution in [3.63, 3.8) is 0 Å². The molecule has 1 rings (SSSR count). The van der Waals surface area contributed by atoms with Gasteiger partial charge in [-0.25, -0.2) is 12.7 Å². The molecule has 0 spiro atoms. The predicted molar refractivity (Wildman–Crippen MR) is 89.3 cm³/mol. The lowest BCUT2D eigenvalue weighted by Gasteiger charge is -2.18. The number of carbonyl (C=O) groups excluding carboxylic acids is 1. The molecular formula is C14H24ClN3O3S. The Morgan fingerprint density at radius 1 is 1.23 bits per heavy atom. The highest BCUT2D eigenvalue weighted by Crippen LogP contribution is 2.18. The van der Waals surface area contributed by atoms with Crippen molar-refractivity contribution in [2.75, 3.05) is 20.6 Å². The van der Waals surface area contributed by atoms with Crippen LogP contribution in [0.15, 0.2) is 29.2 Å². The van der Waals surface area contributed by atoms with Gasteiger partial charge in [-0.15, -0.1) is 12.4 Å². The van der Waals surface area contributed by atoms with Crippen LogP contribution in [0.25, 0.3) is 0 Å². The third kappa shape index (κ3) is 4.95. The van der Waals surface area contributed by atoms with Crippen LogP contribution in [0.4, 0.5) is 0 Å². The van der Waals surface area contributed by atoms with Crippen LogP contribution in [0.1, 0.15) is 25.5 Å². The van der Waals surface area contributed by atoms with Crippen molar-refractivity contribution < 1.29 is 13.2 Å². The van der Waals surface area contributed by atoms with E-state index in [1.807, 2.05) is 6.92 Å². The third-order valence-electron chi connectivity index (χ3n) is 3.32. The third-order valence-corrected chi connectivity index (χ3v) is 5.15. The van der Waals surface area contributed by atoms with E-state index in [4.69, 9.17) is 5.73 Å². The molecule has 3 N–H and O–H groups in total. The van der Waals surface area contributed by atoms with Crippen LogP contribution in [-0.2, 0) is 14.8 Å². The average Bonchev–Trinajstić information content (AvgIpc) is 2.46. The van der Waals surface area contributed by atoms with Gasteiger partial charge in [0.25, 0.3) is 0 Å². The molecule has 8 heteroatoms. The van der Waals surface area contributed by atoms with Crippen molar-refractivity contribution in [2.45, 2.75) is 24.8 Å². The highest BCUT2D eigenvalue weighted by atomic mass is 35.5. The molecule has 2 unspecified atom stereocenters.